The third-order valence-electron chi connectivity index (χ3n) is 3.62. The molecule has 0 unspecified atom stereocenters. The molecule has 1 aliphatic carbocycles. The van der Waals surface area contributed by atoms with E-state index in [1.165, 1.54) is 29.4 Å². The largest absolute Gasteiger partial charge is 0.469 e. The fourth-order valence-electron chi connectivity index (χ4n) is 2.45. The van der Waals surface area contributed by atoms with Crippen molar-refractivity contribution in [3.8, 4) is 0 Å². The first-order valence-corrected chi connectivity index (χ1v) is 5.89. The normalized spacial score (nSPS) is 18.9. The molecular weight excluding hydrogens is 212 g/mol. The van der Waals surface area contributed by atoms with E-state index < -0.39 is 0 Å². The highest BCUT2D eigenvalue weighted by Gasteiger charge is 2.29. The molecule has 0 bridgehead atoms. The lowest BCUT2D eigenvalue weighted by Gasteiger charge is -2.26. The van der Waals surface area contributed by atoms with Crippen molar-refractivity contribution in [2.24, 2.45) is 0 Å². The van der Waals surface area contributed by atoms with Crippen LogP contribution < -0.4 is 0 Å². The van der Waals surface area contributed by atoms with Crippen LogP contribution in [0.25, 0.3) is 5.57 Å². The van der Waals surface area contributed by atoms with Crippen molar-refractivity contribution in [1.82, 2.24) is 0 Å². The number of aryl methyl sites for hydroxylation is 1. The number of methoxy groups -OCH3 is 1. The molecule has 0 saturated heterocycles. The summed E-state index contributed by atoms with van der Waals surface area (Å²) >= 11 is 0. The summed E-state index contributed by atoms with van der Waals surface area (Å²) in [6, 6.07) is 6.27. The van der Waals surface area contributed by atoms with Crippen molar-refractivity contribution in [2.45, 2.75) is 33.1 Å². The summed E-state index contributed by atoms with van der Waals surface area (Å²) in [6.45, 7) is 6.29. The number of allylic oxidation sites excluding steroid dienone is 2. The van der Waals surface area contributed by atoms with Gasteiger partial charge in [-0.05, 0) is 43.9 Å². The second kappa shape index (κ2) is 4.36. The maximum absolute atomic E-state index is 11.8. The topological polar surface area (TPSA) is 26.3 Å². The Hall–Kier alpha value is -1.57. The zero-order chi connectivity index (χ0) is 12.6. The van der Waals surface area contributed by atoms with Crippen LogP contribution in [0, 0.1) is 6.92 Å². The molecule has 0 fully saturated rings. The van der Waals surface area contributed by atoms with Crippen LogP contribution in [0.2, 0.25) is 0 Å². The van der Waals surface area contributed by atoms with Crippen LogP contribution in [-0.2, 0) is 9.53 Å². The van der Waals surface area contributed by atoms with Crippen molar-refractivity contribution in [3.63, 3.8) is 0 Å². The minimum Gasteiger partial charge on any atom is -0.469 e. The van der Waals surface area contributed by atoms with E-state index in [0.717, 1.165) is 12.0 Å². The second-order valence-corrected chi connectivity index (χ2v) is 4.78. The Balaban J connectivity index is 2.57. The zero-order valence-electron chi connectivity index (χ0n) is 10.8. The maximum Gasteiger partial charge on any atom is 0.313 e. The average molecular weight is 230 g/mol. The number of carbonyl (C=O) groups excluding carboxylic acids is 1. The van der Waals surface area contributed by atoms with Crippen molar-refractivity contribution < 1.29 is 9.53 Å². The third-order valence-corrected chi connectivity index (χ3v) is 3.62. The molecule has 17 heavy (non-hydrogen) atoms. The predicted molar refractivity (Wildman–Crippen MR) is 68.8 cm³/mol. The summed E-state index contributed by atoms with van der Waals surface area (Å²) in [5.41, 5.74) is 6.10. The molecule has 0 amide bonds. The fraction of sp³-hybridized carbons (Fsp3) is 0.400. The van der Waals surface area contributed by atoms with Gasteiger partial charge < -0.3 is 4.74 Å². The van der Waals surface area contributed by atoms with Crippen LogP contribution in [0.1, 0.15) is 42.9 Å². The van der Waals surface area contributed by atoms with Crippen LogP contribution in [0.3, 0.4) is 0 Å². The van der Waals surface area contributed by atoms with Crippen molar-refractivity contribution in [1.29, 1.82) is 0 Å². The van der Waals surface area contributed by atoms with Gasteiger partial charge in [0.25, 0.3) is 0 Å². The van der Waals surface area contributed by atoms with E-state index in [-0.39, 0.29) is 11.9 Å². The SMILES string of the molecule is COC(=O)[C@@H]1CC(C)=C(C)c2cc(C)ccc21. The van der Waals surface area contributed by atoms with Gasteiger partial charge in [0.2, 0.25) is 0 Å². The zero-order valence-corrected chi connectivity index (χ0v) is 10.8. The third kappa shape index (κ3) is 1.99. The number of hydrogen-bond acceptors (Lipinski definition) is 2. The standard InChI is InChI=1S/C15H18O2/c1-9-5-6-12-13(7-9)11(3)10(2)8-14(12)15(16)17-4/h5-7,14H,8H2,1-4H3/t14-/m1/s1. The Bertz CT molecular complexity index is 498. The van der Waals surface area contributed by atoms with E-state index in [4.69, 9.17) is 4.74 Å². The highest BCUT2D eigenvalue weighted by atomic mass is 16.5. The lowest BCUT2D eigenvalue weighted by Crippen LogP contribution is -2.19. The number of rotatable bonds is 1. The van der Waals surface area contributed by atoms with Gasteiger partial charge in [-0.3, -0.25) is 4.79 Å². The number of fused-ring (bicyclic) bond motifs is 1. The first kappa shape index (κ1) is 11.9. The van der Waals surface area contributed by atoms with Gasteiger partial charge in [0.1, 0.15) is 0 Å². The molecule has 0 radical (unpaired) electrons. The summed E-state index contributed by atoms with van der Waals surface area (Å²) in [5, 5.41) is 0. The Labute approximate surface area is 102 Å². The predicted octanol–water partition coefficient (Wildman–Crippen LogP) is 3.45. The van der Waals surface area contributed by atoms with E-state index in [1.807, 2.05) is 0 Å². The second-order valence-electron chi connectivity index (χ2n) is 4.78. The van der Waals surface area contributed by atoms with E-state index in [9.17, 15) is 4.79 Å². The van der Waals surface area contributed by atoms with Crippen LogP contribution in [0.4, 0.5) is 0 Å². The van der Waals surface area contributed by atoms with Crippen molar-refractivity contribution >= 4 is 11.5 Å². The molecule has 2 nitrogen and oxygen atoms in total. The molecule has 0 heterocycles. The quantitative estimate of drug-likeness (QED) is 0.691. The van der Waals surface area contributed by atoms with Gasteiger partial charge >= 0.3 is 5.97 Å². The highest BCUT2D eigenvalue weighted by Crippen LogP contribution is 2.39. The van der Waals surface area contributed by atoms with Crippen molar-refractivity contribution in [3.05, 3.63) is 40.5 Å². The number of benzene rings is 1. The molecule has 1 aromatic rings. The average Bonchev–Trinajstić information content (AvgIpc) is 2.33. The molecule has 90 valence electrons. The van der Waals surface area contributed by atoms with E-state index >= 15 is 0 Å². The summed E-state index contributed by atoms with van der Waals surface area (Å²) in [6.07, 6.45) is 0.772. The Morgan fingerprint density at radius 2 is 2.00 bits per heavy atom. The Morgan fingerprint density at radius 3 is 2.65 bits per heavy atom. The lowest BCUT2D eigenvalue weighted by atomic mass is 9.79. The summed E-state index contributed by atoms with van der Waals surface area (Å²) in [5.74, 6) is -0.277. The van der Waals surface area contributed by atoms with Crippen LogP contribution in [-0.4, -0.2) is 13.1 Å². The molecular formula is C15H18O2. The van der Waals surface area contributed by atoms with Crippen LogP contribution in [0.5, 0.6) is 0 Å². The Morgan fingerprint density at radius 1 is 1.29 bits per heavy atom. The number of ether oxygens (including phenoxy) is 1. The molecule has 1 aliphatic rings. The van der Waals surface area contributed by atoms with E-state index in [2.05, 4.69) is 39.0 Å². The Kier molecular flexibility index (Phi) is 3.05. The van der Waals surface area contributed by atoms with Crippen LogP contribution >= 0.6 is 0 Å². The van der Waals surface area contributed by atoms with Gasteiger partial charge in [0.15, 0.2) is 0 Å². The molecule has 2 heteroatoms. The lowest BCUT2D eigenvalue weighted by molar-refractivity contribution is -0.142. The first-order valence-electron chi connectivity index (χ1n) is 5.89. The monoisotopic (exact) mass is 230 g/mol. The number of carbonyl (C=O) groups is 1. The van der Waals surface area contributed by atoms with Gasteiger partial charge in [-0.1, -0.05) is 29.3 Å². The molecule has 1 aromatic carbocycles. The fourth-order valence-corrected chi connectivity index (χ4v) is 2.45. The molecule has 0 aromatic heterocycles. The summed E-state index contributed by atoms with van der Waals surface area (Å²) < 4.78 is 4.90. The molecule has 0 saturated carbocycles. The number of hydrogen-bond donors (Lipinski definition) is 0. The first-order chi connectivity index (χ1) is 8.04. The minimum absolute atomic E-state index is 0.137. The number of esters is 1. The van der Waals surface area contributed by atoms with Crippen LogP contribution in [0.15, 0.2) is 23.8 Å². The molecule has 2 rings (SSSR count). The molecule has 0 spiro atoms. The van der Waals surface area contributed by atoms with Gasteiger partial charge in [-0.25, -0.2) is 0 Å². The van der Waals surface area contributed by atoms with E-state index in [1.54, 1.807) is 0 Å². The minimum atomic E-state index is -0.140. The van der Waals surface area contributed by atoms with E-state index in [0.29, 0.717) is 0 Å². The van der Waals surface area contributed by atoms with Gasteiger partial charge in [-0.2, -0.15) is 0 Å². The molecule has 0 aliphatic heterocycles. The van der Waals surface area contributed by atoms with Gasteiger partial charge in [0.05, 0.1) is 13.0 Å². The molecule has 0 N–H and O–H groups in total. The van der Waals surface area contributed by atoms with Gasteiger partial charge in [0, 0.05) is 0 Å². The summed E-state index contributed by atoms with van der Waals surface area (Å²) in [4.78, 5) is 11.8. The smallest absolute Gasteiger partial charge is 0.313 e. The summed E-state index contributed by atoms with van der Waals surface area (Å²) in [7, 11) is 1.46. The highest BCUT2D eigenvalue weighted by molar-refractivity contribution is 5.85. The van der Waals surface area contributed by atoms with Gasteiger partial charge in [-0.15, -0.1) is 0 Å². The molecule has 1 atom stereocenters. The van der Waals surface area contributed by atoms with Crippen molar-refractivity contribution in [2.75, 3.05) is 7.11 Å². The maximum atomic E-state index is 11.8.